The second kappa shape index (κ2) is 11.4. The Balaban J connectivity index is 1.49. The molecule has 11 heteroatoms. The summed E-state index contributed by atoms with van der Waals surface area (Å²) in [7, 11) is -3.40. The average molecular weight is 644 g/mol. The Morgan fingerprint density at radius 1 is 0.783 bits per heavy atom. The number of benzene rings is 4. The van der Waals surface area contributed by atoms with Gasteiger partial charge in [0.15, 0.2) is 15.4 Å². The molecule has 46 heavy (non-hydrogen) atoms. The molecule has 7 rings (SSSR count). The Hall–Kier alpha value is -5.52. The minimum atomic E-state index is -3.40. The van der Waals surface area contributed by atoms with Gasteiger partial charge in [-0.05, 0) is 51.4 Å². The van der Waals surface area contributed by atoms with Crippen molar-refractivity contribution in [3.8, 4) is 21.7 Å². The summed E-state index contributed by atoms with van der Waals surface area (Å²) in [5.74, 6) is -0.305. The highest BCUT2D eigenvalue weighted by Crippen LogP contribution is 2.43. The lowest BCUT2D eigenvalue weighted by atomic mass is 9.77. The first-order valence-electron chi connectivity index (χ1n) is 14.2. The van der Waals surface area contributed by atoms with Gasteiger partial charge in [0.1, 0.15) is 16.1 Å². The average Bonchev–Trinajstić information content (AvgIpc) is 3.76. The van der Waals surface area contributed by atoms with Gasteiger partial charge in [-0.1, -0.05) is 97.1 Å². The predicted molar refractivity (Wildman–Crippen MR) is 178 cm³/mol. The monoisotopic (exact) mass is 643 g/mol. The van der Waals surface area contributed by atoms with Crippen molar-refractivity contribution in [1.82, 2.24) is 19.7 Å². The Morgan fingerprint density at radius 3 is 1.89 bits per heavy atom. The third kappa shape index (κ3) is 4.95. The van der Waals surface area contributed by atoms with Crippen LogP contribution in [0.4, 0.5) is 5.82 Å². The molecule has 0 saturated carbocycles. The van der Waals surface area contributed by atoms with Gasteiger partial charge in [-0.15, -0.1) is 11.3 Å². The third-order valence-corrected chi connectivity index (χ3v) is 10.8. The van der Waals surface area contributed by atoms with Crippen LogP contribution in [-0.4, -0.2) is 39.3 Å². The van der Waals surface area contributed by atoms with Gasteiger partial charge in [0.2, 0.25) is 0 Å². The first-order valence-corrected chi connectivity index (χ1v) is 16.9. The maximum atomic E-state index is 12.6. The molecular weight excluding hydrogens is 619 g/mol. The van der Waals surface area contributed by atoms with E-state index in [9.17, 15) is 18.5 Å². The SMILES string of the molecule is CS(=O)(=O)c1ccc(-c2ncnc3ccc(-c4cn(C(c5ccccc5)(c5ccccc5)c5ccccc5)nc4[N+](=O)[O-])cc23)s1. The van der Waals surface area contributed by atoms with Gasteiger partial charge < -0.3 is 10.1 Å². The Labute approximate surface area is 268 Å². The number of hydrogen-bond acceptors (Lipinski definition) is 8. The summed E-state index contributed by atoms with van der Waals surface area (Å²) in [6.45, 7) is 0. The molecule has 0 radical (unpaired) electrons. The van der Waals surface area contributed by atoms with Crippen LogP contribution in [0.3, 0.4) is 0 Å². The minimum absolute atomic E-state index is 0.224. The molecule has 4 aromatic carbocycles. The fraction of sp³-hybridized carbons (Fsp3) is 0.0571. The van der Waals surface area contributed by atoms with Gasteiger partial charge in [-0.3, -0.25) is 0 Å². The van der Waals surface area contributed by atoms with Gasteiger partial charge in [0.05, 0.1) is 27.4 Å². The number of hydrogen-bond donors (Lipinski definition) is 0. The summed E-state index contributed by atoms with van der Waals surface area (Å²) in [4.78, 5) is 21.7. The van der Waals surface area contributed by atoms with Crippen molar-refractivity contribution in [2.75, 3.05) is 6.26 Å². The van der Waals surface area contributed by atoms with E-state index in [1.165, 1.54) is 6.33 Å². The number of thiophene rings is 1. The van der Waals surface area contributed by atoms with E-state index >= 15 is 0 Å². The molecule has 7 aromatic rings. The quantitative estimate of drug-likeness (QED) is 0.0963. The van der Waals surface area contributed by atoms with E-state index in [1.54, 1.807) is 41.2 Å². The standard InChI is InChI=1S/C35H25N5O4S2/c1-46(43,44)32-20-19-31(45-32)33-28-21-24(17-18-30(28)36-23-37-33)29-22-39(38-34(29)40(41)42)35(25-11-5-2-6-12-25,26-13-7-3-8-14-26)27-15-9-4-10-16-27/h2-23H,1H3. The highest BCUT2D eigenvalue weighted by Gasteiger charge is 2.43. The minimum Gasteiger partial charge on any atom is -0.358 e. The smallest absolute Gasteiger partial charge is 0.358 e. The van der Waals surface area contributed by atoms with E-state index in [0.29, 0.717) is 32.6 Å². The van der Waals surface area contributed by atoms with Gasteiger partial charge in [-0.2, -0.15) is 4.68 Å². The molecule has 0 N–H and O–H groups in total. The zero-order chi connectivity index (χ0) is 31.9. The van der Waals surface area contributed by atoms with Crippen LogP contribution in [-0.2, 0) is 15.4 Å². The molecule has 0 aliphatic rings. The van der Waals surface area contributed by atoms with Crippen molar-refractivity contribution in [2.24, 2.45) is 0 Å². The number of nitro groups is 1. The number of aromatic nitrogens is 4. The molecule has 226 valence electrons. The van der Waals surface area contributed by atoms with Crippen molar-refractivity contribution in [3.63, 3.8) is 0 Å². The van der Waals surface area contributed by atoms with E-state index < -0.39 is 20.3 Å². The van der Waals surface area contributed by atoms with Crippen LogP contribution < -0.4 is 0 Å². The largest absolute Gasteiger partial charge is 0.397 e. The number of nitrogens with zero attached hydrogens (tertiary/aromatic N) is 5. The molecule has 0 spiro atoms. The number of sulfone groups is 1. The molecule has 0 fully saturated rings. The molecule has 9 nitrogen and oxygen atoms in total. The maximum absolute atomic E-state index is 12.6. The summed E-state index contributed by atoms with van der Waals surface area (Å²) < 4.78 is 26.3. The lowest BCUT2D eigenvalue weighted by Gasteiger charge is -2.33. The van der Waals surface area contributed by atoms with E-state index in [2.05, 4.69) is 9.97 Å². The summed E-state index contributed by atoms with van der Waals surface area (Å²) in [6, 6.07) is 38.1. The molecule has 3 heterocycles. The molecule has 0 aliphatic heterocycles. The summed E-state index contributed by atoms with van der Waals surface area (Å²) in [5.41, 5.74) is 3.61. The number of fused-ring (bicyclic) bond motifs is 1. The van der Waals surface area contributed by atoms with Crippen LogP contribution in [0.5, 0.6) is 0 Å². The molecule has 0 bridgehead atoms. The van der Waals surface area contributed by atoms with Crippen LogP contribution in [0, 0.1) is 10.1 Å². The lowest BCUT2D eigenvalue weighted by Crippen LogP contribution is -2.38. The summed E-state index contributed by atoms with van der Waals surface area (Å²) in [6.07, 6.45) is 4.31. The van der Waals surface area contributed by atoms with Crippen molar-refractivity contribution in [2.45, 2.75) is 9.75 Å². The summed E-state index contributed by atoms with van der Waals surface area (Å²) >= 11 is 1.11. The fourth-order valence-corrected chi connectivity index (χ4v) is 7.82. The Morgan fingerprint density at radius 2 is 1.37 bits per heavy atom. The van der Waals surface area contributed by atoms with Gasteiger partial charge in [0, 0.05) is 11.6 Å². The van der Waals surface area contributed by atoms with Crippen LogP contribution in [0.15, 0.2) is 138 Å². The van der Waals surface area contributed by atoms with E-state index in [1.807, 2.05) is 91.0 Å². The van der Waals surface area contributed by atoms with E-state index in [4.69, 9.17) is 5.10 Å². The van der Waals surface area contributed by atoms with Crippen LogP contribution in [0.2, 0.25) is 0 Å². The first kappa shape index (κ1) is 29.2. The van der Waals surface area contributed by atoms with Crippen LogP contribution >= 0.6 is 11.3 Å². The molecule has 0 atom stereocenters. The van der Waals surface area contributed by atoms with Crippen LogP contribution in [0.1, 0.15) is 16.7 Å². The fourth-order valence-electron chi connectivity index (χ4n) is 5.88. The van der Waals surface area contributed by atoms with Gasteiger partial charge >= 0.3 is 5.82 Å². The molecule has 0 unspecified atom stereocenters. The van der Waals surface area contributed by atoms with Crippen molar-refractivity contribution in [3.05, 3.63) is 161 Å². The van der Waals surface area contributed by atoms with Crippen molar-refractivity contribution < 1.29 is 13.3 Å². The van der Waals surface area contributed by atoms with E-state index in [-0.39, 0.29) is 10.0 Å². The van der Waals surface area contributed by atoms with Gasteiger partial charge in [0.25, 0.3) is 0 Å². The lowest BCUT2D eigenvalue weighted by molar-refractivity contribution is -0.389. The predicted octanol–water partition coefficient (Wildman–Crippen LogP) is 7.37. The molecule has 0 saturated heterocycles. The third-order valence-electron chi connectivity index (χ3n) is 7.91. The zero-order valence-corrected chi connectivity index (χ0v) is 26.0. The van der Waals surface area contributed by atoms with Gasteiger partial charge in [-0.25, -0.2) is 18.4 Å². The maximum Gasteiger partial charge on any atom is 0.397 e. The second-order valence-corrected chi connectivity index (χ2v) is 14.0. The molecular formula is C35H25N5O4S2. The number of rotatable bonds is 8. The topological polar surface area (TPSA) is 121 Å². The van der Waals surface area contributed by atoms with Crippen molar-refractivity contribution in [1.29, 1.82) is 0 Å². The summed E-state index contributed by atoms with van der Waals surface area (Å²) in [5, 5.41) is 18.0. The Bertz CT molecular complexity index is 2220. The Kier molecular flexibility index (Phi) is 7.26. The molecule has 3 aromatic heterocycles. The second-order valence-electron chi connectivity index (χ2n) is 10.7. The van der Waals surface area contributed by atoms with Crippen molar-refractivity contribution >= 4 is 37.9 Å². The zero-order valence-electron chi connectivity index (χ0n) is 24.4. The molecule has 0 amide bonds. The molecule has 0 aliphatic carbocycles. The van der Waals surface area contributed by atoms with E-state index in [0.717, 1.165) is 34.3 Å². The van der Waals surface area contributed by atoms with Crippen LogP contribution in [0.25, 0.3) is 32.6 Å². The first-order chi connectivity index (χ1) is 22.3. The highest BCUT2D eigenvalue weighted by molar-refractivity contribution is 7.92. The highest BCUT2D eigenvalue weighted by atomic mass is 32.2. The normalized spacial score (nSPS) is 11.9.